The van der Waals surface area contributed by atoms with Crippen LogP contribution in [0.15, 0.2) is 53.3 Å². The first kappa shape index (κ1) is 14.7. The maximum atomic E-state index is 12.0. The summed E-state index contributed by atoms with van der Waals surface area (Å²) in [6.45, 7) is 0. The fraction of sp³-hybridized carbons (Fsp3) is 0. The number of anilines is 2. The van der Waals surface area contributed by atoms with Crippen LogP contribution in [0.5, 0.6) is 0 Å². The van der Waals surface area contributed by atoms with Crippen LogP contribution in [0.2, 0.25) is 5.15 Å². The zero-order valence-electron chi connectivity index (χ0n) is 11.2. The van der Waals surface area contributed by atoms with Gasteiger partial charge in [0.05, 0.1) is 0 Å². The predicted molar refractivity (Wildman–Crippen MR) is 91.3 cm³/mol. The number of aromatic nitrogens is 2. The molecule has 0 bridgehead atoms. The normalized spacial score (nSPS) is 10.5. The van der Waals surface area contributed by atoms with Gasteiger partial charge >= 0.3 is 6.03 Å². The van der Waals surface area contributed by atoms with Crippen LogP contribution in [-0.4, -0.2) is 16.0 Å². The lowest BCUT2D eigenvalue weighted by molar-refractivity contribution is 0.262. The van der Waals surface area contributed by atoms with E-state index in [1.54, 1.807) is 18.2 Å². The molecule has 22 heavy (non-hydrogen) atoms. The Balaban J connectivity index is 1.79. The Morgan fingerprint density at radius 1 is 1.14 bits per heavy atom. The highest BCUT2D eigenvalue weighted by molar-refractivity contribution is 9.10. The van der Waals surface area contributed by atoms with Crippen LogP contribution in [0.25, 0.3) is 10.8 Å². The molecule has 2 N–H and O–H groups in total. The first-order valence-corrected chi connectivity index (χ1v) is 7.54. The van der Waals surface area contributed by atoms with E-state index in [4.69, 9.17) is 11.6 Å². The smallest absolute Gasteiger partial charge is 0.308 e. The highest BCUT2D eigenvalue weighted by Crippen LogP contribution is 2.24. The van der Waals surface area contributed by atoms with Gasteiger partial charge in [0.15, 0.2) is 0 Å². The van der Waals surface area contributed by atoms with Crippen molar-refractivity contribution in [1.82, 2.24) is 9.97 Å². The van der Waals surface area contributed by atoms with Gasteiger partial charge in [0.25, 0.3) is 0 Å². The Labute approximate surface area is 139 Å². The first-order valence-electron chi connectivity index (χ1n) is 6.37. The molecule has 3 rings (SSSR count). The second kappa shape index (κ2) is 6.29. The van der Waals surface area contributed by atoms with Gasteiger partial charge in [-0.2, -0.15) is 0 Å². The molecule has 0 aliphatic heterocycles. The number of carbonyl (C=O) groups excluding carboxylic acids is 1. The van der Waals surface area contributed by atoms with Gasteiger partial charge in [0.2, 0.25) is 0 Å². The summed E-state index contributed by atoms with van der Waals surface area (Å²) < 4.78 is 0.674. The van der Waals surface area contributed by atoms with E-state index < -0.39 is 6.03 Å². The van der Waals surface area contributed by atoms with E-state index in [1.807, 2.05) is 24.3 Å². The molecule has 0 atom stereocenters. The average Bonchev–Trinajstić information content (AvgIpc) is 2.47. The summed E-state index contributed by atoms with van der Waals surface area (Å²) in [5.74, 6) is 0.447. The highest BCUT2D eigenvalue weighted by atomic mass is 79.9. The molecule has 5 nitrogen and oxygen atoms in total. The van der Waals surface area contributed by atoms with Crippen molar-refractivity contribution in [2.24, 2.45) is 0 Å². The molecule has 0 aliphatic carbocycles. The quantitative estimate of drug-likeness (QED) is 0.637. The van der Waals surface area contributed by atoms with Crippen molar-refractivity contribution in [3.05, 3.63) is 58.4 Å². The molecule has 2 aromatic heterocycles. The van der Waals surface area contributed by atoms with Crippen molar-refractivity contribution >= 4 is 55.8 Å². The Morgan fingerprint density at radius 3 is 2.77 bits per heavy atom. The molecule has 0 saturated carbocycles. The number of rotatable bonds is 2. The molecule has 0 spiro atoms. The number of hydrogen-bond acceptors (Lipinski definition) is 3. The number of carbonyl (C=O) groups is 1. The van der Waals surface area contributed by atoms with Crippen molar-refractivity contribution in [1.29, 1.82) is 0 Å². The van der Waals surface area contributed by atoms with Gasteiger partial charge in [-0.25, -0.2) is 14.8 Å². The maximum Gasteiger partial charge on any atom is 0.324 e. The lowest BCUT2D eigenvalue weighted by atomic mass is 10.2. The summed E-state index contributed by atoms with van der Waals surface area (Å²) >= 11 is 9.18. The fourth-order valence-corrected chi connectivity index (χ4v) is 2.71. The van der Waals surface area contributed by atoms with E-state index in [0.717, 1.165) is 10.8 Å². The number of nitrogens with one attached hydrogen (secondary N) is 2. The van der Waals surface area contributed by atoms with E-state index >= 15 is 0 Å². The average molecular weight is 378 g/mol. The second-order valence-electron chi connectivity index (χ2n) is 4.47. The third kappa shape index (κ3) is 3.35. The standard InChI is InChI=1S/C15H10BrClN4O/c16-14-11-4-2-1-3-9(11)7-13(20-14)21-15(22)19-10-5-6-18-12(17)8-10/h1-8H,(H2,18,19,20,21,22). The predicted octanol–water partition coefficient (Wildman–Crippen LogP) is 4.69. The van der Waals surface area contributed by atoms with Gasteiger partial charge in [-0.15, -0.1) is 0 Å². The molecule has 3 aromatic rings. The van der Waals surface area contributed by atoms with Crippen LogP contribution in [0.1, 0.15) is 0 Å². The summed E-state index contributed by atoms with van der Waals surface area (Å²) in [5.41, 5.74) is 0.553. The lowest BCUT2D eigenvalue weighted by Crippen LogP contribution is -2.20. The Hall–Kier alpha value is -2.18. The molecule has 0 radical (unpaired) electrons. The Bertz CT molecular complexity index is 856. The van der Waals surface area contributed by atoms with Gasteiger partial charge in [-0.1, -0.05) is 35.9 Å². The summed E-state index contributed by atoms with van der Waals surface area (Å²) in [6.07, 6.45) is 1.52. The molecule has 1 aromatic carbocycles. The summed E-state index contributed by atoms with van der Waals surface area (Å²) in [5, 5.41) is 7.63. The number of pyridine rings is 2. The second-order valence-corrected chi connectivity index (χ2v) is 5.60. The number of urea groups is 1. The number of nitrogens with zero attached hydrogens (tertiary/aromatic N) is 2. The van der Waals surface area contributed by atoms with Crippen molar-refractivity contribution < 1.29 is 4.79 Å². The van der Waals surface area contributed by atoms with Crippen LogP contribution in [-0.2, 0) is 0 Å². The van der Waals surface area contributed by atoms with Crippen LogP contribution in [0.4, 0.5) is 16.3 Å². The number of hydrogen-bond donors (Lipinski definition) is 2. The third-order valence-corrected chi connectivity index (χ3v) is 3.73. The maximum absolute atomic E-state index is 12.0. The number of halogens is 2. The topological polar surface area (TPSA) is 66.9 Å². The molecule has 0 saturated heterocycles. The number of fused-ring (bicyclic) bond motifs is 1. The molecule has 2 heterocycles. The monoisotopic (exact) mass is 376 g/mol. The van der Waals surface area contributed by atoms with Crippen LogP contribution < -0.4 is 10.6 Å². The van der Waals surface area contributed by atoms with Crippen molar-refractivity contribution in [3.63, 3.8) is 0 Å². The van der Waals surface area contributed by atoms with Crippen molar-refractivity contribution in [3.8, 4) is 0 Å². The van der Waals surface area contributed by atoms with E-state index in [1.165, 1.54) is 6.20 Å². The fourth-order valence-electron chi connectivity index (χ4n) is 1.98. The van der Waals surface area contributed by atoms with Gasteiger partial charge in [-0.05, 0) is 39.5 Å². The van der Waals surface area contributed by atoms with Crippen LogP contribution >= 0.6 is 27.5 Å². The zero-order chi connectivity index (χ0) is 15.5. The minimum absolute atomic E-state index is 0.310. The third-order valence-electron chi connectivity index (χ3n) is 2.92. The van der Waals surface area contributed by atoms with E-state index in [-0.39, 0.29) is 0 Å². The molecule has 0 aliphatic rings. The molecule has 110 valence electrons. The van der Waals surface area contributed by atoms with Crippen LogP contribution in [0.3, 0.4) is 0 Å². The minimum Gasteiger partial charge on any atom is -0.308 e. The number of amides is 2. The van der Waals surface area contributed by atoms with Crippen molar-refractivity contribution in [2.75, 3.05) is 10.6 Å². The van der Waals surface area contributed by atoms with Crippen LogP contribution in [0, 0.1) is 0 Å². The summed E-state index contributed by atoms with van der Waals surface area (Å²) in [4.78, 5) is 20.2. The zero-order valence-corrected chi connectivity index (χ0v) is 13.5. The molecule has 0 unspecified atom stereocenters. The molecule has 2 amide bonds. The Kier molecular flexibility index (Phi) is 4.22. The SMILES string of the molecule is O=C(Nc1ccnc(Cl)c1)Nc1cc2ccccc2c(Br)n1. The van der Waals surface area contributed by atoms with E-state index in [9.17, 15) is 4.79 Å². The molecule has 0 fully saturated rings. The van der Waals surface area contributed by atoms with E-state index in [2.05, 4.69) is 36.5 Å². The Morgan fingerprint density at radius 2 is 1.95 bits per heavy atom. The van der Waals surface area contributed by atoms with E-state index in [0.29, 0.717) is 21.3 Å². The molecule has 7 heteroatoms. The van der Waals surface area contributed by atoms with Gasteiger partial charge < -0.3 is 5.32 Å². The molecular formula is C15H10BrClN4O. The summed E-state index contributed by atoms with van der Waals surface area (Å²) in [7, 11) is 0. The summed E-state index contributed by atoms with van der Waals surface area (Å²) in [6, 6.07) is 12.4. The first-order chi connectivity index (χ1) is 10.6. The highest BCUT2D eigenvalue weighted by Gasteiger charge is 2.07. The van der Waals surface area contributed by atoms with Gasteiger partial charge in [-0.3, -0.25) is 5.32 Å². The minimum atomic E-state index is -0.406. The molecular weight excluding hydrogens is 368 g/mol. The largest absolute Gasteiger partial charge is 0.324 e. The number of benzene rings is 1. The van der Waals surface area contributed by atoms with Crippen molar-refractivity contribution in [2.45, 2.75) is 0 Å². The lowest BCUT2D eigenvalue weighted by Gasteiger charge is -2.09. The van der Waals surface area contributed by atoms with Gasteiger partial charge in [0, 0.05) is 17.3 Å². The van der Waals surface area contributed by atoms with Gasteiger partial charge in [0.1, 0.15) is 15.6 Å².